The predicted molar refractivity (Wildman–Crippen MR) is 81.0 cm³/mol. The first-order valence-electron chi connectivity index (χ1n) is 7.22. The van der Waals surface area contributed by atoms with Gasteiger partial charge in [0, 0.05) is 11.9 Å². The maximum Gasteiger partial charge on any atom is 0.309 e. The molecule has 2 atom stereocenters. The number of nitrogens with zero attached hydrogens (tertiary/aromatic N) is 2. The van der Waals surface area contributed by atoms with Crippen molar-refractivity contribution in [2.75, 3.05) is 13.1 Å². The molecule has 0 radical (unpaired) electrons. The number of carboxylic acid groups (broad SMARTS) is 1. The highest BCUT2D eigenvalue weighted by Crippen LogP contribution is 2.36. The van der Waals surface area contributed by atoms with Crippen molar-refractivity contribution in [3.05, 3.63) is 16.1 Å². The quantitative estimate of drug-likeness (QED) is 0.926. The monoisotopic (exact) mass is 296 g/mol. The highest BCUT2D eigenvalue weighted by atomic mass is 32.1. The summed E-state index contributed by atoms with van der Waals surface area (Å²) in [6, 6.07) is 0.271. The third-order valence-electron chi connectivity index (χ3n) is 4.64. The van der Waals surface area contributed by atoms with E-state index in [1.807, 2.05) is 20.8 Å². The van der Waals surface area contributed by atoms with E-state index in [-0.39, 0.29) is 12.0 Å². The third kappa shape index (κ3) is 3.04. The molecule has 0 saturated carbocycles. The van der Waals surface area contributed by atoms with Crippen LogP contribution in [-0.4, -0.2) is 34.0 Å². The molecule has 5 heteroatoms. The second-order valence-corrected chi connectivity index (χ2v) is 7.39. The first-order chi connectivity index (χ1) is 9.32. The Morgan fingerprint density at radius 2 is 2.30 bits per heavy atom. The van der Waals surface area contributed by atoms with E-state index in [0.717, 1.165) is 36.6 Å². The standard InChI is InChI=1S/C15H24N2O2S/c1-10(13-9-20-11(2)16-13)17-7-5-6-12(8-17)15(3,4)14(18)19/h9-10,12H,5-8H2,1-4H3,(H,18,19). The van der Waals surface area contributed by atoms with Gasteiger partial charge in [0.05, 0.1) is 22.2 Å². The highest BCUT2D eigenvalue weighted by Gasteiger charge is 2.40. The molecule has 1 fully saturated rings. The fraction of sp³-hybridized carbons (Fsp3) is 0.733. The first kappa shape index (κ1) is 15.4. The van der Waals surface area contributed by atoms with Crippen molar-refractivity contribution in [3.63, 3.8) is 0 Å². The van der Waals surface area contributed by atoms with Crippen LogP contribution in [0.1, 0.15) is 50.4 Å². The topological polar surface area (TPSA) is 53.4 Å². The lowest BCUT2D eigenvalue weighted by Crippen LogP contribution is -2.45. The molecule has 1 aliphatic rings. The van der Waals surface area contributed by atoms with Crippen LogP contribution in [0.2, 0.25) is 0 Å². The summed E-state index contributed by atoms with van der Waals surface area (Å²) in [6.45, 7) is 9.77. The van der Waals surface area contributed by atoms with Gasteiger partial charge in [-0.1, -0.05) is 0 Å². The summed E-state index contributed by atoms with van der Waals surface area (Å²) < 4.78 is 0. The number of rotatable bonds is 4. The minimum absolute atomic E-state index is 0.205. The molecule has 2 heterocycles. The Bertz CT molecular complexity index is 484. The molecule has 1 aromatic heterocycles. The Morgan fingerprint density at radius 1 is 1.60 bits per heavy atom. The van der Waals surface area contributed by atoms with Gasteiger partial charge in [-0.2, -0.15) is 0 Å². The van der Waals surface area contributed by atoms with Crippen LogP contribution < -0.4 is 0 Å². The average Bonchev–Trinajstić information content (AvgIpc) is 2.84. The summed E-state index contributed by atoms with van der Waals surface area (Å²) in [5.74, 6) is -0.488. The zero-order valence-electron chi connectivity index (χ0n) is 12.7. The molecule has 0 amide bonds. The van der Waals surface area contributed by atoms with Gasteiger partial charge in [-0.3, -0.25) is 9.69 Å². The second-order valence-electron chi connectivity index (χ2n) is 6.33. The van der Waals surface area contributed by atoms with Crippen LogP contribution in [-0.2, 0) is 4.79 Å². The Labute approximate surface area is 124 Å². The van der Waals surface area contributed by atoms with Crippen molar-refractivity contribution in [1.29, 1.82) is 0 Å². The number of likely N-dealkylation sites (tertiary alicyclic amines) is 1. The number of hydrogen-bond acceptors (Lipinski definition) is 4. The number of thiazole rings is 1. The van der Waals surface area contributed by atoms with E-state index >= 15 is 0 Å². The molecule has 0 bridgehead atoms. The minimum Gasteiger partial charge on any atom is -0.481 e. The van der Waals surface area contributed by atoms with Crippen molar-refractivity contribution in [3.8, 4) is 0 Å². The van der Waals surface area contributed by atoms with Crippen LogP contribution in [0, 0.1) is 18.3 Å². The third-order valence-corrected chi connectivity index (χ3v) is 5.43. The smallest absolute Gasteiger partial charge is 0.309 e. The normalized spacial score (nSPS) is 22.7. The van der Waals surface area contributed by atoms with E-state index in [0.29, 0.717) is 0 Å². The molecule has 1 saturated heterocycles. The van der Waals surface area contributed by atoms with Crippen molar-refractivity contribution in [1.82, 2.24) is 9.88 Å². The van der Waals surface area contributed by atoms with Gasteiger partial charge in [0.25, 0.3) is 0 Å². The number of aliphatic carboxylic acids is 1. The molecular weight excluding hydrogens is 272 g/mol. The molecule has 1 aromatic rings. The fourth-order valence-electron chi connectivity index (χ4n) is 2.88. The van der Waals surface area contributed by atoms with Crippen LogP contribution in [0.5, 0.6) is 0 Å². The number of piperidine rings is 1. The minimum atomic E-state index is -0.693. The average molecular weight is 296 g/mol. The Kier molecular flexibility index (Phi) is 4.49. The van der Waals surface area contributed by atoms with E-state index in [1.54, 1.807) is 11.3 Å². The lowest BCUT2D eigenvalue weighted by Gasteiger charge is -2.41. The van der Waals surface area contributed by atoms with Gasteiger partial charge in [-0.15, -0.1) is 11.3 Å². The van der Waals surface area contributed by atoms with Crippen LogP contribution in [0.15, 0.2) is 5.38 Å². The molecule has 4 nitrogen and oxygen atoms in total. The largest absolute Gasteiger partial charge is 0.481 e. The van der Waals surface area contributed by atoms with Gasteiger partial charge in [-0.25, -0.2) is 4.98 Å². The van der Waals surface area contributed by atoms with Gasteiger partial charge in [0.2, 0.25) is 0 Å². The van der Waals surface area contributed by atoms with Crippen molar-refractivity contribution < 1.29 is 9.90 Å². The van der Waals surface area contributed by atoms with Crippen LogP contribution in [0.25, 0.3) is 0 Å². The first-order valence-corrected chi connectivity index (χ1v) is 8.09. The second kappa shape index (κ2) is 5.82. The molecule has 0 aliphatic carbocycles. The molecule has 0 spiro atoms. The molecule has 1 aliphatic heterocycles. The summed E-state index contributed by atoms with van der Waals surface area (Å²) in [5, 5.41) is 12.6. The molecule has 2 unspecified atom stereocenters. The molecule has 112 valence electrons. The fourth-order valence-corrected chi connectivity index (χ4v) is 3.58. The number of hydrogen-bond donors (Lipinski definition) is 1. The molecule has 2 rings (SSSR count). The van der Waals surface area contributed by atoms with Crippen molar-refractivity contribution in [2.45, 2.75) is 46.6 Å². The number of carbonyl (C=O) groups is 1. The number of aromatic nitrogens is 1. The Hall–Kier alpha value is -0.940. The van der Waals surface area contributed by atoms with Gasteiger partial charge < -0.3 is 5.11 Å². The zero-order chi connectivity index (χ0) is 14.9. The SMILES string of the molecule is Cc1nc(C(C)N2CCCC(C(C)(C)C(=O)O)C2)cs1. The maximum absolute atomic E-state index is 11.4. The number of aryl methyl sites for hydroxylation is 1. The molecular formula is C15H24N2O2S. The van der Waals surface area contributed by atoms with Gasteiger partial charge in [0.15, 0.2) is 0 Å². The summed E-state index contributed by atoms with van der Waals surface area (Å²) in [5.41, 5.74) is 0.456. The summed E-state index contributed by atoms with van der Waals surface area (Å²) >= 11 is 1.68. The Balaban J connectivity index is 2.09. The highest BCUT2D eigenvalue weighted by molar-refractivity contribution is 7.09. The predicted octanol–water partition coefficient (Wildman–Crippen LogP) is 3.34. The lowest BCUT2D eigenvalue weighted by molar-refractivity contribution is -0.151. The van der Waals surface area contributed by atoms with Gasteiger partial charge >= 0.3 is 5.97 Å². The summed E-state index contributed by atoms with van der Waals surface area (Å²) in [6.07, 6.45) is 2.06. The summed E-state index contributed by atoms with van der Waals surface area (Å²) in [7, 11) is 0. The summed E-state index contributed by atoms with van der Waals surface area (Å²) in [4.78, 5) is 18.4. The Morgan fingerprint density at radius 3 is 2.85 bits per heavy atom. The van der Waals surface area contributed by atoms with Crippen molar-refractivity contribution in [2.24, 2.45) is 11.3 Å². The lowest BCUT2D eigenvalue weighted by atomic mass is 9.74. The maximum atomic E-state index is 11.4. The van der Waals surface area contributed by atoms with Crippen LogP contribution in [0.4, 0.5) is 0 Å². The molecule has 0 aromatic carbocycles. The van der Waals surface area contributed by atoms with Gasteiger partial charge in [-0.05, 0) is 53.0 Å². The number of carboxylic acids is 1. The van der Waals surface area contributed by atoms with E-state index in [4.69, 9.17) is 0 Å². The van der Waals surface area contributed by atoms with Gasteiger partial charge in [0.1, 0.15) is 0 Å². The van der Waals surface area contributed by atoms with E-state index in [1.165, 1.54) is 0 Å². The molecule has 1 N–H and O–H groups in total. The van der Waals surface area contributed by atoms with Crippen LogP contribution in [0.3, 0.4) is 0 Å². The van der Waals surface area contributed by atoms with E-state index in [2.05, 4.69) is 22.2 Å². The van der Waals surface area contributed by atoms with E-state index < -0.39 is 11.4 Å². The van der Waals surface area contributed by atoms with Crippen LogP contribution >= 0.6 is 11.3 Å². The zero-order valence-corrected chi connectivity index (χ0v) is 13.5. The van der Waals surface area contributed by atoms with Crippen molar-refractivity contribution >= 4 is 17.3 Å². The molecule has 20 heavy (non-hydrogen) atoms. The van der Waals surface area contributed by atoms with E-state index in [9.17, 15) is 9.90 Å².